The highest BCUT2D eigenvalue weighted by Gasteiger charge is 2.16. The highest BCUT2D eigenvalue weighted by molar-refractivity contribution is 7.98. The minimum absolute atomic E-state index is 0.398. The van der Waals surface area contributed by atoms with Crippen LogP contribution in [0.1, 0.15) is 0 Å². The van der Waals surface area contributed by atoms with Crippen molar-refractivity contribution in [1.29, 1.82) is 0 Å². The Kier molecular flexibility index (Phi) is 3.65. The standard InChI is InChI=1S/C8H11BO3S/c1-12-8-4-3-6(13-2)5-7(8)9(10)11/h3-5,10-11H,1-2H3. The van der Waals surface area contributed by atoms with Crippen LogP contribution in [0.4, 0.5) is 0 Å². The second-order valence-corrected chi connectivity index (χ2v) is 3.36. The Morgan fingerprint density at radius 3 is 2.54 bits per heavy atom. The lowest BCUT2D eigenvalue weighted by Gasteiger charge is -2.08. The minimum Gasteiger partial charge on any atom is -0.497 e. The molecule has 0 aromatic heterocycles. The molecule has 0 amide bonds. The van der Waals surface area contributed by atoms with Crippen LogP contribution in [0.15, 0.2) is 23.1 Å². The maximum Gasteiger partial charge on any atom is 0.492 e. The van der Waals surface area contributed by atoms with E-state index < -0.39 is 7.12 Å². The first-order valence-electron chi connectivity index (χ1n) is 3.77. The molecule has 1 rings (SSSR count). The zero-order chi connectivity index (χ0) is 9.84. The summed E-state index contributed by atoms with van der Waals surface area (Å²) in [6.07, 6.45) is 1.93. The van der Waals surface area contributed by atoms with Crippen molar-refractivity contribution in [2.75, 3.05) is 13.4 Å². The van der Waals surface area contributed by atoms with Crippen molar-refractivity contribution >= 4 is 24.3 Å². The molecule has 0 saturated carbocycles. The van der Waals surface area contributed by atoms with Crippen LogP contribution >= 0.6 is 11.8 Å². The van der Waals surface area contributed by atoms with E-state index in [1.807, 2.05) is 12.3 Å². The number of benzene rings is 1. The fourth-order valence-electron chi connectivity index (χ4n) is 1.04. The van der Waals surface area contributed by atoms with Gasteiger partial charge in [-0.05, 0) is 24.5 Å². The van der Waals surface area contributed by atoms with Crippen LogP contribution in [0.5, 0.6) is 5.75 Å². The molecule has 0 radical (unpaired) electrons. The molecule has 0 aliphatic heterocycles. The van der Waals surface area contributed by atoms with Crippen molar-refractivity contribution in [2.24, 2.45) is 0 Å². The Morgan fingerprint density at radius 1 is 1.38 bits per heavy atom. The van der Waals surface area contributed by atoms with E-state index in [1.165, 1.54) is 7.11 Å². The first-order chi connectivity index (χ1) is 6.19. The maximum atomic E-state index is 9.02. The predicted octanol–water partition coefficient (Wildman–Crippen LogP) is 0.0969. The molecule has 0 heterocycles. The van der Waals surface area contributed by atoms with E-state index in [0.29, 0.717) is 11.2 Å². The average Bonchev–Trinajstić information content (AvgIpc) is 2.16. The normalized spacial score (nSPS) is 9.85. The number of methoxy groups -OCH3 is 1. The summed E-state index contributed by atoms with van der Waals surface area (Å²) in [5.74, 6) is 0.493. The first-order valence-corrected chi connectivity index (χ1v) is 4.99. The summed E-state index contributed by atoms with van der Waals surface area (Å²) < 4.78 is 4.98. The number of rotatable bonds is 3. The summed E-state index contributed by atoms with van der Waals surface area (Å²) in [5.41, 5.74) is 0.398. The largest absolute Gasteiger partial charge is 0.497 e. The Bertz CT molecular complexity index is 291. The molecule has 13 heavy (non-hydrogen) atoms. The summed E-state index contributed by atoms with van der Waals surface area (Å²) in [7, 11) is 0.0158. The van der Waals surface area contributed by atoms with Gasteiger partial charge >= 0.3 is 7.12 Å². The van der Waals surface area contributed by atoms with Crippen molar-refractivity contribution < 1.29 is 14.8 Å². The molecular formula is C8H11BO3S. The fraction of sp³-hybridized carbons (Fsp3) is 0.250. The van der Waals surface area contributed by atoms with Crippen LogP contribution < -0.4 is 10.2 Å². The van der Waals surface area contributed by atoms with Gasteiger partial charge in [0.2, 0.25) is 0 Å². The van der Waals surface area contributed by atoms with Crippen molar-refractivity contribution in [3.63, 3.8) is 0 Å². The Hall–Kier alpha value is -0.645. The Morgan fingerprint density at radius 2 is 2.08 bits per heavy atom. The van der Waals surface area contributed by atoms with Gasteiger partial charge in [-0.1, -0.05) is 0 Å². The second kappa shape index (κ2) is 4.55. The Balaban J connectivity index is 3.10. The predicted molar refractivity (Wildman–Crippen MR) is 54.6 cm³/mol. The van der Waals surface area contributed by atoms with Crippen molar-refractivity contribution in [1.82, 2.24) is 0 Å². The zero-order valence-corrected chi connectivity index (χ0v) is 8.34. The third-order valence-corrected chi connectivity index (χ3v) is 2.44. The van der Waals surface area contributed by atoms with Crippen molar-refractivity contribution in [3.8, 4) is 5.75 Å². The number of thioether (sulfide) groups is 1. The molecule has 1 aromatic carbocycles. The van der Waals surface area contributed by atoms with Gasteiger partial charge in [0.25, 0.3) is 0 Å². The first kappa shape index (κ1) is 10.4. The van der Waals surface area contributed by atoms with Gasteiger partial charge in [0.1, 0.15) is 5.75 Å². The highest BCUT2D eigenvalue weighted by atomic mass is 32.2. The van der Waals surface area contributed by atoms with Crippen LogP contribution in [0.25, 0.3) is 0 Å². The van der Waals surface area contributed by atoms with E-state index in [1.54, 1.807) is 23.9 Å². The average molecular weight is 198 g/mol. The molecule has 2 N–H and O–H groups in total. The zero-order valence-electron chi connectivity index (χ0n) is 7.52. The van der Waals surface area contributed by atoms with Crippen molar-refractivity contribution in [3.05, 3.63) is 18.2 Å². The summed E-state index contributed by atoms with van der Waals surface area (Å²) in [6.45, 7) is 0. The fourth-order valence-corrected chi connectivity index (χ4v) is 1.49. The van der Waals surface area contributed by atoms with E-state index in [0.717, 1.165) is 4.90 Å². The molecule has 0 fully saturated rings. The van der Waals surface area contributed by atoms with Crippen molar-refractivity contribution in [2.45, 2.75) is 4.90 Å². The van der Waals surface area contributed by atoms with Gasteiger partial charge in [-0.25, -0.2) is 0 Å². The SMILES string of the molecule is COc1ccc(SC)cc1B(O)O. The van der Waals surface area contributed by atoms with E-state index in [-0.39, 0.29) is 0 Å². The van der Waals surface area contributed by atoms with Crippen LogP contribution in [0.2, 0.25) is 0 Å². The second-order valence-electron chi connectivity index (χ2n) is 2.48. The summed E-state index contributed by atoms with van der Waals surface area (Å²) >= 11 is 1.54. The third-order valence-electron chi connectivity index (χ3n) is 1.72. The van der Waals surface area contributed by atoms with Crippen LogP contribution in [-0.2, 0) is 0 Å². The molecule has 0 saturated heterocycles. The third kappa shape index (κ3) is 2.40. The lowest BCUT2D eigenvalue weighted by Crippen LogP contribution is -2.31. The number of hydrogen-bond acceptors (Lipinski definition) is 4. The lowest BCUT2D eigenvalue weighted by atomic mass is 9.79. The molecule has 1 aromatic rings. The van der Waals surface area contributed by atoms with E-state index in [2.05, 4.69) is 0 Å². The van der Waals surface area contributed by atoms with E-state index in [9.17, 15) is 0 Å². The smallest absolute Gasteiger partial charge is 0.492 e. The summed E-state index contributed by atoms with van der Waals surface area (Å²) in [6, 6.07) is 5.30. The molecule has 0 spiro atoms. The number of hydrogen-bond donors (Lipinski definition) is 2. The van der Waals surface area contributed by atoms with Gasteiger partial charge in [-0.2, -0.15) is 0 Å². The molecule has 0 aliphatic rings. The molecule has 0 unspecified atom stereocenters. The van der Waals surface area contributed by atoms with Gasteiger partial charge in [-0.15, -0.1) is 11.8 Å². The molecule has 0 bridgehead atoms. The van der Waals surface area contributed by atoms with Crippen LogP contribution in [-0.4, -0.2) is 30.5 Å². The molecule has 70 valence electrons. The molecule has 3 nitrogen and oxygen atoms in total. The minimum atomic E-state index is -1.48. The van der Waals surface area contributed by atoms with E-state index in [4.69, 9.17) is 14.8 Å². The molecule has 0 atom stereocenters. The summed E-state index contributed by atoms with van der Waals surface area (Å²) in [4.78, 5) is 0.976. The van der Waals surface area contributed by atoms with Gasteiger partial charge < -0.3 is 14.8 Å². The van der Waals surface area contributed by atoms with Gasteiger partial charge in [0.05, 0.1) is 7.11 Å². The Labute approximate surface area is 81.9 Å². The molecule has 0 aliphatic carbocycles. The highest BCUT2D eigenvalue weighted by Crippen LogP contribution is 2.17. The number of ether oxygens (including phenoxy) is 1. The van der Waals surface area contributed by atoms with Gasteiger partial charge in [0, 0.05) is 10.4 Å². The quantitative estimate of drug-likeness (QED) is 0.534. The van der Waals surface area contributed by atoms with E-state index >= 15 is 0 Å². The van der Waals surface area contributed by atoms with Gasteiger partial charge in [-0.3, -0.25) is 0 Å². The monoisotopic (exact) mass is 198 g/mol. The molecule has 5 heteroatoms. The summed E-state index contributed by atoms with van der Waals surface area (Å²) in [5, 5.41) is 18.0. The lowest BCUT2D eigenvalue weighted by molar-refractivity contribution is 0.403. The molecular weight excluding hydrogens is 187 g/mol. The van der Waals surface area contributed by atoms with Crippen LogP contribution in [0.3, 0.4) is 0 Å². The van der Waals surface area contributed by atoms with Crippen LogP contribution in [0, 0.1) is 0 Å². The van der Waals surface area contributed by atoms with Gasteiger partial charge in [0.15, 0.2) is 0 Å². The maximum absolute atomic E-state index is 9.02. The topological polar surface area (TPSA) is 49.7 Å².